The number of amides is 3. The standard InChI is InChI=1S/C26H24N2O6/c1-26(2)14-17-5-3-7-21(22(17)34-26)33-12-10-27-23(29)16-8-9-19-20(13-16)25(31)28(24(19)30)15-18-6-4-11-32-18/h3-9,11,13H,10,12,14-15H2,1-2H3,(H,27,29). The lowest BCUT2D eigenvalue weighted by Gasteiger charge is -2.18. The number of fused-ring (bicyclic) bond motifs is 2. The first-order valence-corrected chi connectivity index (χ1v) is 11.1. The summed E-state index contributed by atoms with van der Waals surface area (Å²) in [4.78, 5) is 39.1. The summed E-state index contributed by atoms with van der Waals surface area (Å²) < 4.78 is 17.1. The molecular formula is C26H24N2O6. The predicted octanol–water partition coefficient (Wildman–Crippen LogP) is 3.60. The molecule has 0 fully saturated rings. The third-order valence-electron chi connectivity index (χ3n) is 5.83. The van der Waals surface area contributed by atoms with E-state index in [0.29, 0.717) is 17.1 Å². The van der Waals surface area contributed by atoms with Gasteiger partial charge in [0.25, 0.3) is 17.7 Å². The minimum Gasteiger partial charge on any atom is -0.488 e. The van der Waals surface area contributed by atoms with Crippen molar-refractivity contribution in [2.75, 3.05) is 13.2 Å². The van der Waals surface area contributed by atoms with E-state index < -0.39 is 11.8 Å². The van der Waals surface area contributed by atoms with E-state index in [9.17, 15) is 14.4 Å². The number of ether oxygens (including phenoxy) is 2. The number of rotatable bonds is 7. The molecule has 0 radical (unpaired) electrons. The third kappa shape index (κ3) is 4.03. The maximum Gasteiger partial charge on any atom is 0.261 e. The van der Waals surface area contributed by atoms with Gasteiger partial charge in [0.1, 0.15) is 18.0 Å². The lowest BCUT2D eigenvalue weighted by molar-refractivity contribution is 0.0631. The molecular weight excluding hydrogens is 436 g/mol. The normalized spacial score (nSPS) is 15.6. The van der Waals surface area contributed by atoms with E-state index in [1.54, 1.807) is 12.1 Å². The molecule has 3 heterocycles. The molecule has 0 saturated carbocycles. The Morgan fingerprint density at radius 3 is 2.71 bits per heavy atom. The highest BCUT2D eigenvalue weighted by atomic mass is 16.5. The largest absolute Gasteiger partial charge is 0.488 e. The van der Waals surface area contributed by atoms with Gasteiger partial charge in [0.2, 0.25) is 0 Å². The van der Waals surface area contributed by atoms with Crippen LogP contribution in [0.2, 0.25) is 0 Å². The van der Waals surface area contributed by atoms with Gasteiger partial charge in [-0.1, -0.05) is 12.1 Å². The Balaban J connectivity index is 1.19. The van der Waals surface area contributed by atoms with Crippen molar-refractivity contribution >= 4 is 17.7 Å². The van der Waals surface area contributed by atoms with Gasteiger partial charge in [-0.15, -0.1) is 0 Å². The maximum absolute atomic E-state index is 12.8. The molecule has 1 aromatic heterocycles. The number of nitrogens with zero attached hydrogens (tertiary/aromatic N) is 1. The number of hydrogen-bond acceptors (Lipinski definition) is 6. The van der Waals surface area contributed by atoms with Crippen LogP contribution in [0.3, 0.4) is 0 Å². The van der Waals surface area contributed by atoms with Crippen molar-refractivity contribution in [2.45, 2.75) is 32.4 Å². The van der Waals surface area contributed by atoms with E-state index >= 15 is 0 Å². The van der Waals surface area contributed by atoms with Gasteiger partial charge in [-0.05, 0) is 50.2 Å². The molecule has 8 heteroatoms. The second kappa shape index (κ2) is 8.37. The fraction of sp³-hybridized carbons (Fsp3) is 0.269. The van der Waals surface area contributed by atoms with E-state index in [1.165, 1.54) is 24.5 Å². The number of furan rings is 1. The van der Waals surface area contributed by atoms with Crippen molar-refractivity contribution in [1.29, 1.82) is 0 Å². The summed E-state index contributed by atoms with van der Waals surface area (Å²) in [6.07, 6.45) is 2.30. The average Bonchev–Trinajstić information content (AvgIpc) is 3.50. The Labute approximate surface area is 196 Å². The zero-order chi connectivity index (χ0) is 23.9. The van der Waals surface area contributed by atoms with Crippen LogP contribution in [0, 0.1) is 0 Å². The Kier molecular flexibility index (Phi) is 5.36. The van der Waals surface area contributed by atoms with E-state index in [1.807, 2.05) is 32.0 Å². The molecule has 0 aliphatic carbocycles. The summed E-state index contributed by atoms with van der Waals surface area (Å²) >= 11 is 0. The minimum absolute atomic E-state index is 0.0439. The van der Waals surface area contributed by atoms with E-state index in [-0.39, 0.29) is 42.3 Å². The topological polar surface area (TPSA) is 98.1 Å². The molecule has 0 unspecified atom stereocenters. The summed E-state index contributed by atoms with van der Waals surface area (Å²) in [5.74, 6) is 0.695. The van der Waals surface area contributed by atoms with E-state index in [0.717, 1.165) is 22.6 Å². The Morgan fingerprint density at radius 1 is 1.09 bits per heavy atom. The smallest absolute Gasteiger partial charge is 0.261 e. The quantitative estimate of drug-likeness (QED) is 0.427. The van der Waals surface area contributed by atoms with Gasteiger partial charge in [-0.3, -0.25) is 19.3 Å². The van der Waals surface area contributed by atoms with E-state index in [2.05, 4.69) is 5.32 Å². The summed E-state index contributed by atoms with van der Waals surface area (Å²) in [5, 5.41) is 2.79. The second-order valence-corrected chi connectivity index (χ2v) is 8.92. The highest BCUT2D eigenvalue weighted by Crippen LogP contribution is 2.41. The summed E-state index contributed by atoms with van der Waals surface area (Å²) in [6, 6.07) is 13.7. The summed E-state index contributed by atoms with van der Waals surface area (Å²) in [7, 11) is 0. The molecule has 34 heavy (non-hydrogen) atoms. The van der Waals surface area contributed by atoms with Crippen molar-refractivity contribution in [3.05, 3.63) is 82.8 Å². The SMILES string of the molecule is CC1(C)Cc2cccc(OCCNC(=O)c3ccc4c(c3)C(=O)N(Cc3ccco3)C4=O)c2O1. The van der Waals surface area contributed by atoms with Gasteiger partial charge >= 0.3 is 0 Å². The minimum atomic E-state index is -0.449. The van der Waals surface area contributed by atoms with Crippen LogP contribution in [0.15, 0.2) is 59.2 Å². The average molecular weight is 460 g/mol. The van der Waals surface area contributed by atoms with Gasteiger partial charge in [0.15, 0.2) is 11.5 Å². The Bertz CT molecular complexity index is 1280. The monoisotopic (exact) mass is 460 g/mol. The van der Waals surface area contributed by atoms with Crippen LogP contribution < -0.4 is 14.8 Å². The van der Waals surface area contributed by atoms with Crippen molar-refractivity contribution < 1.29 is 28.3 Å². The first-order valence-electron chi connectivity index (χ1n) is 11.1. The highest BCUT2D eigenvalue weighted by Gasteiger charge is 2.36. The van der Waals surface area contributed by atoms with Crippen LogP contribution >= 0.6 is 0 Å². The highest BCUT2D eigenvalue weighted by molar-refractivity contribution is 6.22. The van der Waals surface area contributed by atoms with Gasteiger partial charge in [-0.2, -0.15) is 0 Å². The maximum atomic E-state index is 12.8. The number of hydrogen-bond donors (Lipinski definition) is 1. The molecule has 3 aromatic rings. The molecule has 5 rings (SSSR count). The number of para-hydroxylation sites is 1. The number of carbonyl (C=O) groups excluding carboxylic acids is 3. The van der Waals surface area contributed by atoms with Gasteiger partial charge < -0.3 is 19.2 Å². The van der Waals surface area contributed by atoms with Crippen molar-refractivity contribution in [2.24, 2.45) is 0 Å². The van der Waals surface area contributed by atoms with Crippen LogP contribution in [-0.4, -0.2) is 41.4 Å². The number of carbonyl (C=O) groups is 3. The molecule has 3 amide bonds. The number of nitrogens with one attached hydrogen (secondary N) is 1. The van der Waals surface area contributed by atoms with E-state index in [4.69, 9.17) is 13.9 Å². The molecule has 0 saturated heterocycles. The van der Waals surface area contributed by atoms with Gasteiger partial charge in [0.05, 0.1) is 30.5 Å². The van der Waals surface area contributed by atoms with Crippen molar-refractivity contribution in [3.63, 3.8) is 0 Å². The van der Waals surface area contributed by atoms with Crippen LogP contribution in [0.25, 0.3) is 0 Å². The molecule has 8 nitrogen and oxygen atoms in total. The molecule has 2 aliphatic heterocycles. The summed E-state index contributed by atoms with van der Waals surface area (Å²) in [5.41, 5.74) is 1.61. The van der Waals surface area contributed by atoms with Crippen LogP contribution in [0.5, 0.6) is 11.5 Å². The van der Waals surface area contributed by atoms with Crippen molar-refractivity contribution in [3.8, 4) is 11.5 Å². The molecule has 0 bridgehead atoms. The van der Waals surface area contributed by atoms with Crippen LogP contribution in [0.1, 0.15) is 56.2 Å². The first-order chi connectivity index (χ1) is 16.3. The molecule has 0 atom stereocenters. The third-order valence-corrected chi connectivity index (χ3v) is 5.83. The first kappa shape index (κ1) is 21.8. The summed E-state index contributed by atoms with van der Waals surface area (Å²) in [6.45, 7) is 4.62. The zero-order valence-corrected chi connectivity index (χ0v) is 18.9. The second-order valence-electron chi connectivity index (χ2n) is 8.92. The van der Waals surface area contributed by atoms with Crippen molar-refractivity contribution in [1.82, 2.24) is 10.2 Å². The van der Waals surface area contributed by atoms with Gasteiger partial charge in [0, 0.05) is 17.5 Å². The molecule has 174 valence electrons. The van der Waals surface area contributed by atoms with Gasteiger partial charge in [-0.25, -0.2) is 0 Å². The number of benzene rings is 2. The Hall–Kier alpha value is -4.07. The zero-order valence-electron chi connectivity index (χ0n) is 18.9. The fourth-order valence-electron chi connectivity index (χ4n) is 4.26. The lowest BCUT2D eigenvalue weighted by Crippen LogP contribution is -2.29. The Morgan fingerprint density at radius 2 is 1.91 bits per heavy atom. The fourth-order valence-corrected chi connectivity index (χ4v) is 4.26. The molecule has 2 aromatic carbocycles. The van der Waals surface area contributed by atoms with Crippen LogP contribution in [0.4, 0.5) is 0 Å². The molecule has 0 spiro atoms. The molecule has 2 aliphatic rings. The lowest BCUT2D eigenvalue weighted by atomic mass is 10.0. The number of imide groups is 1. The van der Waals surface area contributed by atoms with Crippen LogP contribution in [-0.2, 0) is 13.0 Å². The predicted molar refractivity (Wildman–Crippen MR) is 122 cm³/mol. The molecule has 1 N–H and O–H groups in total.